The first-order valence-corrected chi connectivity index (χ1v) is 10.1. The highest BCUT2D eigenvalue weighted by molar-refractivity contribution is 6.75. The topological polar surface area (TPSA) is 35.5 Å². The second kappa shape index (κ2) is 7.87. The van der Waals surface area contributed by atoms with E-state index in [0.29, 0.717) is 25.9 Å². The predicted molar refractivity (Wildman–Crippen MR) is 88.7 cm³/mol. The van der Waals surface area contributed by atoms with E-state index < -0.39 is 8.32 Å². The molecule has 0 heterocycles. The van der Waals surface area contributed by atoms with Gasteiger partial charge in [0.15, 0.2) is 0 Å². The number of rotatable bonds is 8. The van der Waals surface area contributed by atoms with Crippen LogP contribution < -0.4 is 0 Å². The molecule has 0 spiro atoms. The van der Waals surface area contributed by atoms with Crippen molar-refractivity contribution in [1.82, 2.24) is 0 Å². The van der Waals surface area contributed by atoms with E-state index in [1.807, 2.05) is 18.2 Å². The molecule has 0 fully saturated rings. The monoisotopic (exact) mass is 308 g/mol. The number of Topliss-reactive ketones (excluding diaryl/α,β-unsaturated/α-hetero) is 1. The van der Waals surface area contributed by atoms with Gasteiger partial charge >= 0.3 is 0 Å². The van der Waals surface area contributed by atoms with Crippen molar-refractivity contribution >= 4 is 14.1 Å². The van der Waals surface area contributed by atoms with Crippen molar-refractivity contribution in [3.05, 3.63) is 35.9 Å². The summed E-state index contributed by atoms with van der Waals surface area (Å²) >= 11 is 0. The van der Waals surface area contributed by atoms with Crippen LogP contribution in [0.4, 0.5) is 0 Å². The maximum atomic E-state index is 11.1. The standard InChI is InChI=1S/C17H28O3Si/c1-15(18)11-12-20-21(5,17(2,3)4)14-19-13-16-9-7-6-8-10-16/h6-10H,11-14H2,1-5H3. The zero-order chi connectivity index (χ0) is 15.9. The lowest BCUT2D eigenvalue weighted by atomic mass is 10.2. The molecule has 21 heavy (non-hydrogen) atoms. The Morgan fingerprint density at radius 3 is 2.33 bits per heavy atom. The molecule has 1 unspecified atom stereocenters. The van der Waals surface area contributed by atoms with Crippen LogP contribution >= 0.6 is 0 Å². The molecule has 1 atom stereocenters. The second-order valence-corrected chi connectivity index (χ2v) is 11.3. The molecule has 0 saturated heterocycles. The Bertz CT molecular complexity index is 439. The average molecular weight is 308 g/mol. The molecule has 0 radical (unpaired) electrons. The van der Waals surface area contributed by atoms with Crippen molar-refractivity contribution in [2.24, 2.45) is 0 Å². The van der Waals surface area contributed by atoms with Crippen LogP contribution in [0.1, 0.15) is 39.7 Å². The normalized spacial score (nSPS) is 14.7. The van der Waals surface area contributed by atoms with Gasteiger partial charge in [-0.25, -0.2) is 0 Å². The molecule has 0 amide bonds. The van der Waals surface area contributed by atoms with E-state index in [1.165, 1.54) is 5.56 Å². The molecule has 1 aromatic rings. The summed E-state index contributed by atoms with van der Waals surface area (Å²) in [6.45, 7) is 11.5. The number of hydrogen-bond donors (Lipinski definition) is 0. The lowest BCUT2D eigenvalue weighted by Crippen LogP contribution is -2.49. The van der Waals surface area contributed by atoms with Gasteiger partial charge in [-0.3, -0.25) is 4.79 Å². The Kier molecular flexibility index (Phi) is 6.78. The Labute approximate surface area is 129 Å². The van der Waals surface area contributed by atoms with Gasteiger partial charge in [-0.05, 0) is 24.1 Å². The van der Waals surface area contributed by atoms with Crippen LogP contribution in [0.25, 0.3) is 0 Å². The first-order valence-electron chi connectivity index (χ1n) is 7.50. The van der Waals surface area contributed by atoms with Crippen LogP contribution in [0.5, 0.6) is 0 Å². The molecular formula is C17H28O3Si. The van der Waals surface area contributed by atoms with Crippen molar-refractivity contribution in [1.29, 1.82) is 0 Å². The summed E-state index contributed by atoms with van der Waals surface area (Å²) in [5.41, 5.74) is 1.17. The van der Waals surface area contributed by atoms with Crippen LogP contribution in [0.3, 0.4) is 0 Å². The summed E-state index contributed by atoms with van der Waals surface area (Å²) in [5, 5.41) is 0.0699. The average Bonchev–Trinajstić information content (AvgIpc) is 2.38. The fourth-order valence-electron chi connectivity index (χ4n) is 1.83. The van der Waals surface area contributed by atoms with E-state index in [4.69, 9.17) is 9.16 Å². The molecule has 0 bridgehead atoms. The first-order chi connectivity index (χ1) is 9.74. The van der Waals surface area contributed by atoms with E-state index in [9.17, 15) is 4.79 Å². The third kappa shape index (κ3) is 6.12. The number of hydrogen-bond acceptors (Lipinski definition) is 3. The highest BCUT2D eigenvalue weighted by Crippen LogP contribution is 2.37. The lowest BCUT2D eigenvalue weighted by Gasteiger charge is -2.39. The van der Waals surface area contributed by atoms with E-state index in [0.717, 1.165) is 0 Å². The number of carbonyl (C=O) groups excluding carboxylic acids is 1. The minimum atomic E-state index is -2.05. The summed E-state index contributed by atoms with van der Waals surface area (Å²) < 4.78 is 12.1. The van der Waals surface area contributed by atoms with Crippen LogP contribution in [0, 0.1) is 0 Å². The molecule has 1 aromatic carbocycles. The van der Waals surface area contributed by atoms with Crippen LogP contribution in [-0.4, -0.2) is 26.9 Å². The minimum absolute atomic E-state index is 0.0699. The van der Waals surface area contributed by atoms with Crippen LogP contribution in [0.15, 0.2) is 30.3 Å². The maximum Gasteiger partial charge on any atom is 0.220 e. The van der Waals surface area contributed by atoms with Crippen molar-refractivity contribution in [3.63, 3.8) is 0 Å². The van der Waals surface area contributed by atoms with Gasteiger partial charge < -0.3 is 9.16 Å². The molecule has 0 saturated carbocycles. The molecule has 0 N–H and O–H groups in total. The molecule has 0 aromatic heterocycles. The molecule has 1 rings (SSSR count). The van der Waals surface area contributed by atoms with Gasteiger partial charge in [-0.1, -0.05) is 51.1 Å². The highest BCUT2D eigenvalue weighted by atomic mass is 28.4. The number of ketones is 1. The second-order valence-electron chi connectivity index (χ2n) is 6.76. The number of benzene rings is 1. The molecule has 0 aliphatic heterocycles. The van der Waals surface area contributed by atoms with Gasteiger partial charge in [0.25, 0.3) is 0 Å². The zero-order valence-corrected chi connectivity index (χ0v) is 14.9. The fraction of sp³-hybridized carbons (Fsp3) is 0.588. The van der Waals surface area contributed by atoms with Gasteiger partial charge in [0, 0.05) is 13.0 Å². The Hall–Kier alpha value is -0.973. The summed E-state index contributed by atoms with van der Waals surface area (Å²) in [7, 11) is -2.05. The Morgan fingerprint density at radius 1 is 1.19 bits per heavy atom. The zero-order valence-electron chi connectivity index (χ0n) is 13.9. The number of carbonyl (C=O) groups is 1. The minimum Gasteiger partial charge on any atom is -0.414 e. The van der Waals surface area contributed by atoms with Gasteiger partial charge in [0.2, 0.25) is 8.32 Å². The Morgan fingerprint density at radius 2 is 1.81 bits per heavy atom. The predicted octanol–water partition coefficient (Wildman–Crippen LogP) is 4.11. The van der Waals surface area contributed by atoms with Gasteiger partial charge in [0.1, 0.15) is 5.78 Å². The summed E-state index contributed by atoms with van der Waals surface area (Å²) in [4.78, 5) is 11.1. The van der Waals surface area contributed by atoms with Crippen LogP contribution in [-0.2, 0) is 20.6 Å². The van der Waals surface area contributed by atoms with E-state index in [-0.39, 0.29) is 10.8 Å². The van der Waals surface area contributed by atoms with Crippen molar-refractivity contribution < 1.29 is 14.0 Å². The third-order valence-corrected chi connectivity index (χ3v) is 8.72. The molecular weight excluding hydrogens is 280 g/mol. The van der Waals surface area contributed by atoms with E-state index >= 15 is 0 Å². The third-order valence-electron chi connectivity index (χ3n) is 3.95. The highest BCUT2D eigenvalue weighted by Gasteiger charge is 2.42. The maximum absolute atomic E-state index is 11.1. The van der Waals surface area contributed by atoms with E-state index in [2.05, 4.69) is 39.5 Å². The smallest absolute Gasteiger partial charge is 0.220 e. The van der Waals surface area contributed by atoms with E-state index in [1.54, 1.807) is 6.92 Å². The molecule has 0 aliphatic carbocycles. The van der Waals surface area contributed by atoms with Crippen molar-refractivity contribution in [3.8, 4) is 0 Å². The number of ether oxygens (including phenoxy) is 1. The fourth-order valence-corrected chi connectivity index (χ4v) is 3.83. The Balaban J connectivity index is 2.55. The molecule has 0 aliphatic rings. The molecule has 118 valence electrons. The SMILES string of the molecule is CC(=O)CCO[Si](C)(COCc1ccccc1)C(C)(C)C. The van der Waals surface area contributed by atoms with Gasteiger partial charge in [-0.15, -0.1) is 0 Å². The first kappa shape index (κ1) is 18.1. The van der Waals surface area contributed by atoms with Gasteiger partial charge in [-0.2, -0.15) is 0 Å². The quantitative estimate of drug-likeness (QED) is 0.678. The summed E-state index contributed by atoms with van der Waals surface area (Å²) in [6.07, 6.45) is 1.13. The molecule has 4 heteroatoms. The van der Waals surface area contributed by atoms with Crippen molar-refractivity contribution in [2.75, 3.05) is 12.8 Å². The largest absolute Gasteiger partial charge is 0.414 e. The lowest BCUT2D eigenvalue weighted by molar-refractivity contribution is -0.117. The summed E-state index contributed by atoms with van der Waals surface area (Å²) in [5.74, 6) is 0.172. The van der Waals surface area contributed by atoms with Crippen molar-refractivity contribution in [2.45, 2.75) is 52.3 Å². The van der Waals surface area contributed by atoms with Gasteiger partial charge in [0.05, 0.1) is 12.8 Å². The molecule has 3 nitrogen and oxygen atoms in total. The summed E-state index contributed by atoms with van der Waals surface area (Å²) in [6, 6.07) is 10.2. The van der Waals surface area contributed by atoms with Crippen LogP contribution in [0.2, 0.25) is 11.6 Å².